The number of nitrogens with zero attached hydrogens (tertiary/aromatic N) is 2. The average Bonchev–Trinajstić information content (AvgIpc) is 2.83. The van der Waals surface area contributed by atoms with Crippen molar-refractivity contribution in [1.82, 2.24) is 4.90 Å². The zero-order valence-corrected chi connectivity index (χ0v) is 22.2. The Labute approximate surface area is 225 Å². The fourth-order valence-electron chi connectivity index (χ4n) is 3.97. The summed E-state index contributed by atoms with van der Waals surface area (Å²) < 4.78 is 47.4. The molecule has 0 amide bonds. The zero-order chi connectivity index (χ0) is 28.0. The molecule has 0 spiro atoms. The first kappa shape index (κ1) is 28.9. The Morgan fingerprint density at radius 1 is 1.26 bits per heavy atom. The molecule has 10 nitrogen and oxygen atoms in total. The second-order valence-electron chi connectivity index (χ2n) is 8.79. The molecule has 1 fully saturated rings. The van der Waals surface area contributed by atoms with Gasteiger partial charge in [0.15, 0.2) is 5.75 Å². The molecule has 0 radical (unpaired) electrons. The maximum absolute atomic E-state index is 15.0. The van der Waals surface area contributed by atoms with E-state index < -0.39 is 34.1 Å². The monoisotopic (exact) mass is 565 g/mol. The maximum Gasteiger partial charge on any atom is 0.320 e. The fraction of sp³-hybridized carbons (Fsp3) is 0.320. The van der Waals surface area contributed by atoms with Gasteiger partial charge in [-0.3, -0.25) is 19.9 Å². The molecule has 1 aliphatic rings. The molecule has 0 aromatic heterocycles. The van der Waals surface area contributed by atoms with E-state index in [1.54, 1.807) is 25.1 Å². The smallest absolute Gasteiger partial charge is 0.320 e. The first-order valence-corrected chi connectivity index (χ1v) is 13.6. The zero-order valence-electron chi connectivity index (χ0n) is 20.7. The van der Waals surface area contributed by atoms with Gasteiger partial charge in [-0.05, 0) is 42.8 Å². The number of benzene rings is 2. The van der Waals surface area contributed by atoms with Crippen molar-refractivity contribution in [2.45, 2.75) is 25.9 Å². The van der Waals surface area contributed by atoms with E-state index in [0.29, 0.717) is 52.9 Å². The normalized spacial score (nSPS) is 14.7. The summed E-state index contributed by atoms with van der Waals surface area (Å²) in [6.45, 7) is 2.27. The molecule has 5 N–H and O–H groups in total. The number of nitrogens with one attached hydrogen (secondary N) is 2. The minimum absolute atomic E-state index is 0.0288. The Hall–Kier alpha value is -3.64. The van der Waals surface area contributed by atoms with Crippen LogP contribution >= 0.6 is 11.6 Å². The first-order valence-electron chi connectivity index (χ1n) is 11.6. The van der Waals surface area contributed by atoms with Crippen molar-refractivity contribution in [3.05, 3.63) is 64.4 Å². The van der Waals surface area contributed by atoms with E-state index in [1.165, 1.54) is 24.3 Å². The molecule has 0 aliphatic carbocycles. The number of hydrogen-bond acceptors (Lipinski definition) is 6. The number of nitrogen functional groups attached to an aromatic ring is 1. The number of ether oxygens (including phenoxy) is 1. The number of sulfonamides is 1. The summed E-state index contributed by atoms with van der Waals surface area (Å²) in [7, 11) is -4.48. The lowest BCUT2D eigenvalue weighted by Gasteiger charge is -2.33. The first-order chi connectivity index (χ1) is 17.9. The second kappa shape index (κ2) is 12.3. The number of likely N-dealkylation sites (tertiary alicyclic amines) is 1. The Balaban J connectivity index is 1.85. The minimum Gasteiger partial charge on any atom is -0.489 e. The standard InChI is InChI=1S/C25H29ClFN5O5S/c1-16(28)31-9-7-21(8-10-31)37-23-6-5-20(13-22(23)26)32(38(35,36)15-24(33)34)14-19(27)12-17-3-2-4-18(11-17)25(29)30/h2-6,11-13,21,28H,7-10,14-15H2,1H3,(H3,29,30)(H,33,34)/b19-12-,28-16?. The predicted octanol–water partition coefficient (Wildman–Crippen LogP) is 3.70. The lowest BCUT2D eigenvalue weighted by molar-refractivity contribution is -0.134. The lowest BCUT2D eigenvalue weighted by Crippen LogP contribution is -2.40. The molecular formula is C25H29ClFN5O5S. The van der Waals surface area contributed by atoms with Crippen LogP contribution in [0.5, 0.6) is 5.75 Å². The summed E-state index contributed by atoms with van der Waals surface area (Å²) >= 11 is 6.39. The van der Waals surface area contributed by atoms with E-state index >= 15 is 4.39 Å². The Morgan fingerprint density at radius 2 is 1.95 bits per heavy atom. The highest BCUT2D eigenvalue weighted by atomic mass is 35.5. The summed E-state index contributed by atoms with van der Waals surface area (Å²) in [5, 5.41) is 24.5. The Morgan fingerprint density at radius 3 is 2.53 bits per heavy atom. The van der Waals surface area contributed by atoms with Gasteiger partial charge in [0.25, 0.3) is 0 Å². The number of carboxylic acid groups (broad SMARTS) is 1. The maximum atomic E-state index is 15.0. The number of carbonyl (C=O) groups is 1. The number of anilines is 1. The summed E-state index contributed by atoms with van der Waals surface area (Å²) in [6, 6.07) is 10.3. The molecule has 3 rings (SSSR count). The van der Waals surface area contributed by atoms with Gasteiger partial charge in [-0.15, -0.1) is 0 Å². The van der Waals surface area contributed by atoms with E-state index in [9.17, 15) is 13.2 Å². The van der Waals surface area contributed by atoms with Gasteiger partial charge in [0, 0.05) is 31.5 Å². The van der Waals surface area contributed by atoms with Crippen LogP contribution in [0.2, 0.25) is 5.02 Å². The number of nitrogens with two attached hydrogens (primary N) is 1. The average molecular weight is 566 g/mol. The number of piperidine rings is 1. The number of halogens is 2. The van der Waals surface area contributed by atoms with E-state index in [0.717, 1.165) is 6.08 Å². The topological polar surface area (TPSA) is 161 Å². The van der Waals surface area contributed by atoms with Crippen LogP contribution in [0.15, 0.2) is 48.3 Å². The highest BCUT2D eigenvalue weighted by molar-refractivity contribution is 7.93. The Kier molecular flexibility index (Phi) is 9.34. The molecule has 0 unspecified atom stereocenters. The fourth-order valence-corrected chi connectivity index (χ4v) is 5.41. The van der Waals surface area contributed by atoms with Crippen LogP contribution in [0.4, 0.5) is 10.1 Å². The Bertz CT molecular complexity index is 1360. The molecule has 204 valence electrons. The number of hydrogen-bond donors (Lipinski definition) is 4. The molecule has 0 saturated carbocycles. The summed E-state index contributed by atoms with van der Waals surface area (Å²) in [4.78, 5) is 13.2. The van der Waals surface area contributed by atoms with Crippen molar-refractivity contribution in [3.8, 4) is 5.75 Å². The van der Waals surface area contributed by atoms with Gasteiger partial charge in [-0.2, -0.15) is 0 Å². The van der Waals surface area contributed by atoms with Crippen LogP contribution < -0.4 is 14.8 Å². The van der Waals surface area contributed by atoms with Crippen LogP contribution in [0.25, 0.3) is 6.08 Å². The van der Waals surface area contributed by atoms with Gasteiger partial charge in [-0.25, -0.2) is 12.8 Å². The summed E-state index contributed by atoms with van der Waals surface area (Å²) in [5.41, 5.74) is 6.15. The van der Waals surface area contributed by atoms with Crippen LogP contribution in [0, 0.1) is 10.8 Å². The highest BCUT2D eigenvalue weighted by Crippen LogP contribution is 2.33. The molecule has 2 aromatic carbocycles. The molecule has 1 heterocycles. The number of rotatable bonds is 10. The molecule has 0 bridgehead atoms. The SMILES string of the molecule is CC(=N)N1CCC(Oc2ccc(N(C/C(F)=C/c3cccc(C(=N)N)c3)S(=O)(=O)CC(=O)O)cc2Cl)CC1. The summed E-state index contributed by atoms with van der Waals surface area (Å²) in [6.07, 6.45) is 2.28. The van der Waals surface area contributed by atoms with Crippen molar-refractivity contribution in [1.29, 1.82) is 10.8 Å². The van der Waals surface area contributed by atoms with Crippen molar-refractivity contribution in [2.24, 2.45) is 5.73 Å². The van der Waals surface area contributed by atoms with Gasteiger partial charge in [-0.1, -0.05) is 29.8 Å². The van der Waals surface area contributed by atoms with Gasteiger partial charge >= 0.3 is 5.97 Å². The molecule has 0 atom stereocenters. The number of carboxylic acids is 1. The molecule has 2 aromatic rings. The lowest BCUT2D eigenvalue weighted by atomic mass is 10.1. The van der Waals surface area contributed by atoms with E-state index in [-0.39, 0.29) is 22.6 Å². The van der Waals surface area contributed by atoms with Gasteiger partial charge in [0.05, 0.1) is 23.1 Å². The van der Waals surface area contributed by atoms with Gasteiger partial charge < -0.3 is 20.5 Å². The highest BCUT2D eigenvalue weighted by Gasteiger charge is 2.28. The molecule has 38 heavy (non-hydrogen) atoms. The summed E-state index contributed by atoms with van der Waals surface area (Å²) in [5.74, 6) is -3.12. The van der Waals surface area contributed by atoms with Crippen molar-refractivity contribution >= 4 is 51.0 Å². The van der Waals surface area contributed by atoms with Crippen LogP contribution in [0.1, 0.15) is 30.9 Å². The molecular weight excluding hydrogens is 537 g/mol. The number of amidine groups is 2. The largest absolute Gasteiger partial charge is 0.489 e. The second-order valence-corrected chi connectivity index (χ2v) is 11.1. The quantitative estimate of drug-likeness (QED) is 0.252. The van der Waals surface area contributed by atoms with Crippen molar-refractivity contribution < 1.29 is 27.4 Å². The predicted molar refractivity (Wildman–Crippen MR) is 145 cm³/mol. The van der Waals surface area contributed by atoms with Crippen LogP contribution in [-0.4, -0.2) is 67.6 Å². The number of aliphatic carboxylic acids is 1. The third kappa shape index (κ3) is 7.68. The van der Waals surface area contributed by atoms with Crippen LogP contribution in [-0.2, 0) is 14.8 Å². The molecule has 1 saturated heterocycles. The van der Waals surface area contributed by atoms with Gasteiger partial charge in [0.1, 0.15) is 23.5 Å². The van der Waals surface area contributed by atoms with Gasteiger partial charge in [0.2, 0.25) is 10.0 Å². The van der Waals surface area contributed by atoms with Crippen molar-refractivity contribution in [2.75, 3.05) is 29.7 Å². The third-order valence-electron chi connectivity index (χ3n) is 5.87. The van der Waals surface area contributed by atoms with E-state index in [1.807, 2.05) is 4.90 Å². The van der Waals surface area contributed by atoms with Crippen molar-refractivity contribution in [3.63, 3.8) is 0 Å². The third-order valence-corrected chi connectivity index (χ3v) is 7.79. The van der Waals surface area contributed by atoms with Crippen LogP contribution in [0.3, 0.4) is 0 Å². The molecule has 1 aliphatic heterocycles. The minimum atomic E-state index is -4.48. The van der Waals surface area contributed by atoms with E-state index in [4.69, 9.17) is 38.0 Å². The molecule has 13 heteroatoms. The van der Waals surface area contributed by atoms with E-state index in [2.05, 4.69) is 0 Å².